The number of benzene rings is 2. The number of likely N-dealkylation sites (N-methyl/N-ethyl adjacent to an activating group) is 1. The van der Waals surface area contributed by atoms with Gasteiger partial charge in [-0.15, -0.1) is 5.10 Å². The number of carbonyl (C=O) groups excluding carboxylic acids is 3. The smallest absolute Gasteiger partial charge is 0.411 e. The van der Waals surface area contributed by atoms with Crippen LogP contribution in [0.5, 0.6) is 0 Å². The van der Waals surface area contributed by atoms with Gasteiger partial charge in [-0.2, -0.15) is 4.68 Å². The van der Waals surface area contributed by atoms with E-state index in [2.05, 4.69) is 46.2 Å². The summed E-state index contributed by atoms with van der Waals surface area (Å²) < 4.78 is 6.05. The number of nitrogens with zero attached hydrogens (tertiary/aromatic N) is 6. The van der Waals surface area contributed by atoms with Gasteiger partial charge in [-0.05, 0) is 60.9 Å². The summed E-state index contributed by atoms with van der Waals surface area (Å²) in [6.07, 6.45) is 3.60. The third-order valence-corrected chi connectivity index (χ3v) is 6.69. The van der Waals surface area contributed by atoms with Crippen molar-refractivity contribution in [3.63, 3.8) is 0 Å². The van der Waals surface area contributed by atoms with Gasteiger partial charge in [0.05, 0.1) is 25.3 Å². The highest BCUT2D eigenvalue weighted by molar-refractivity contribution is 6.32. The molecule has 2 heterocycles. The first-order valence-corrected chi connectivity index (χ1v) is 14.0. The maximum Gasteiger partial charge on any atom is 0.411 e. The molecular formula is C28H30Cl2N10O4. The summed E-state index contributed by atoms with van der Waals surface area (Å²) in [5.41, 5.74) is 2.76. The molecule has 0 saturated carbocycles. The SMILES string of the molecule is COC(=O)Nc1ccc(-c2nc([C@H](CC(=O)NCCN(C)C)NC(=O)C=Cc3cc(Cl)ccc3-n3cnnn3)[nH]c2Cl)cc1. The first-order chi connectivity index (χ1) is 21.1. The van der Waals surface area contributed by atoms with Crippen molar-refractivity contribution in [1.82, 2.24) is 45.7 Å². The summed E-state index contributed by atoms with van der Waals surface area (Å²) in [7, 11) is 5.07. The normalized spacial score (nSPS) is 11.9. The molecular weight excluding hydrogens is 611 g/mol. The number of imidazole rings is 1. The van der Waals surface area contributed by atoms with Crippen molar-refractivity contribution in [1.29, 1.82) is 0 Å². The van der Waals surface area contributed by atoms with Crippen LogP contribution in [-0.2, 0) is 14.3 Å². The van der Waals surface area contributed by atoms with Crippen molar-refractivity contribution in [2.45, 2.75) is 12.5 Å². The largest absolute Gasteiger partial charge is 0.453 e. The Kier molecular flexibility index (Phi) is 11.0. The molecule has 2 aromatic carbocycles. The molecule has 0 fully saturated rings. The van der Waals surface area contributed by atoms with Crippen molar-refractivity contribution < 1.29 is 19.1 Å². The quantitative estimate of drug-likeness (QED) is 0.169. The second kappa shape index (κ2) is 15.1. The highest BCUT2D eigenvalue weighted by Gasteiger charge is 2.23. The molecule has 1 atom stereocenters. The van der Waals surface area contributed by atoms with Gasteiger partial charge in [0.15, 0.2) is 0 Å². The van der Waals surface area contributed by atoms with Gasteiger partial charge in [0.25, 0.3) is 0 Å². The minimum atomic E-state index is -0.851. The van der Waals surface area contributed by atoms with Crippen LogP contribution in [0.3, 0.4) is 0 Å². The number of amides is 3. The number of nitrogens with one attached hydrogen (secondary N) is 4. The van der Waals surface area contributed by atoms with Crippen LogP contribution in [0, 0.1) is 0 Å². The van der Waals surface area contributed by atoms with Crippen molar-refractivity contribution in [3.05, 3.63) is 76.4 Å². The van der Waals surface area contributed by atoms with E-state index in [9.17, 15) is 14.4 Å². The molecule has 0 spiro atoms. The zero-order valence-electron chi connectivity index (χ0n) is 24.0. The molecule has 0 bridgehead atoms. The number of H-pyrrole nitrogens is 1. The topological polar surface area (TPSA) is 172 Å². The fourth-order valence-electron chi connectivity index (χ4n) is 4.02. The number of ether oxygens (including phenoxy) is 1. The Labute approximate surface area is 262 Å². The minimum absolute atomic E-state index is 0.106. The lowest BCUT2D eigenvalue weighted by atomic mass is 10.1. The van der Waals surface area contributed by atoms with E-state index in [4.69, 9.17) is 23.2 Å². The van der Waals surface area contributed by atoms with E-state index in [1.807, 2.05) is 19.0 Å². The second-order valence-electron chi connectivity index (χ2n) is 9.69. The molecule has 0 aliphatic rings. The first kappa shape index (κ1) is 32.1. The summed E-state index contributed by atoms with van der Waals surface area (Å²) >= 11 is 12.7. The predicted molar refractivity (Wildman–Crippen MR) is 165 cm³/mol. The van der Waals surface area contributed by atoms with E-state index >= 15 is 0 Å². The van der Waals surface area contributed by atoms with Gasteiger partial charge in [-0.25, -0.2) is 9.78 Å². The maximum absolute atomic E-state index is 13.1. The van der Waals surface area contributed by atoms with Crippen LogP contribution >= 0.6 is 23.2 Å². The molecule has 14 nitrogen and oxygen atoms in total. The second-order valence-corrected chi connectivity index (χ2v) is 10.5. The van der Waals surface area contributed by atoms with Gasteiger partial charge in [0.2, 0.25) is 11.8 Å². The average molecular weight is 642 g/mol. The number of aromatic amines is 1. The number of hydrogen-bond donors (Lipinski definition) is 4. The lowest BCUT2D eigenvalue weighted by Crippen LogP contribution is -2.36. The van der Waals surface area contributed by atoms with Gasteiger partial charge in [0, 0.05) is 41.0 Å². The Bertz CT molecular complexity index is 1620. The summed E-state index contributed by atoms with van der Waals surface area (Å²) in [4.78, 5) is 47.0. The summed E-state index contributed by atoms with van der Waals surface area (Å²) in [5, 5.41) is 20.1. The number of halogens is 2. The zero-order valence-corrected chi connectivity index (χ0v) is 25.6. The Balaban J connectivity index is 1.56. The summed E-state index contributed by atoms with van der Waals surface area (Å²) in [5.74, 6) is -0.501. The lowest BCUT2D eigenvalue weighted by Gasteiger charge is -2.16. The van der Waals surface area contributed by atoms with Crippen molar-refractivity contribution in [2.24, 2.45) is 0 Å². The number of methoxy groups -OCH3 is 1. The molecule has 230 valence electrons. The van der Waals surface area contributed by atoms with Crippen molar-refractivity contribution in [2.75, 3.05) is 39.6 Å². The number of aromatic nitrogens is 6. The number of tetrazole rings is 1. The number of anilines is 1. The Morgan fingerprint density at radius 2 is 1.91 bits per heavy atom. The Hall–Kier alpha value is -4.79. The number of rotatable bonds is 12. The standard InChI is InChI=1S/C28H30Cl2N10O4/c1-39(2)13-12-31-24(42)15-21(27-35-25(26(30)36-27)17-4-8-20(9-5-17)33-28(43)44-3)34-23(41)11-6-18-14-19(29)7-10-22(18)40-16-32-37-38-40/h4-11,14,16,21H,12-13,15H2,1-3H3,(H,31,42)(H,33,43)(H,34,41)(H,35,36)/t21-/m0/s1. The molecule has 0 radical (unpaired) electrons. The lowest BCUT2D eigenvalue weighted by molar-refractivity contribution is -0.122. The van der Waals surface area contributed by atoms with E-state index in [1.54, 1.807) is 48.5 Å². The third-order valence-electron chi connectivity index (χ3n) is 6.19. The molecule has 0 aliphatic heterocycles. The summed E-state index contributed by atoms with van der Waals surface area (Å²) in [6.45, 7) is 1.07. The van der Waals surface area contributed by atoms with Crippen LogP contribution in [0.1, 0.15) is 23.9 Å². The van der Waals surface area contributed by atoms with Crippen LogP contribution in [0.15, 0.2) is 54.9 Å². The Morgan fingerprint density at radius 3 is 2.59 bits per heavy atom. The van der Waals surface area contributed by atoms with E-state index in [0.29, 0.717) is 46.3 Å². The minimum Gasteiger partial charge on any atom is -0.453 e. The third kappa shape index (κ3) is 8.86. The van der Waals surface area contributed by atoms with Gasteiger partial charge >= 0.3 is 6.09 Å². The molecule has 16 heteroatoms. The van der Waals surface area contributed by atoms with E-state index in [-0.39, 0.29) is 23.3 Å². The van der Waals surface area contributed by atoms with Crippen LogP contribution in [0.2, 0.25) is 10.2 Å². The molecule has 4 aromatic rings. The molecule has 2 aromatic heterocycles. The van der Waals surface area contributed by atoms with E-state index in [1.165, 1.54) is 24.2 Å². The van der Waals surface area contributed by atoms with E-state index < -0.39 is 18.0 Å². The number of hydrogen-bond acceptors (Lipinski definition) is 9. The van der Waals surface area contributed by atoms with Crippen LogP contribution in [0.4, 0.5) is 10.5 Å². The van der Waals surface area contributed by atoms with Gasteiger partial charge in [0.1, 0.15) is 23.0 Å². The molecule has 4 N–H and O–H groups in total. The molecule has 0 aliphatic carbocycles. The molecule has 3 amide bonds. The highest BCUT2D eigenvalue weighted by Crippen LogP contribution is 2.29. The van der Waals surface area contributed by atoms with Gasteiger partial charge in [-0.1, -0.05) is 35.3 Å². The highest BCUT2D eigenvalue weighted by atomic mass is 35.5. The maximum atomic E-state index is 13.1. The van der Waals surface area contributed by atoms with Crippen LogP contribution in [-0.4, -0.2) is 87.3 Å². The van der Waals surface area contributed by atoms with Crippen LogP contribution in [0.25, 0.3) is 23.0 Å². The molecule has 0 saturated heterocycles. The van der Waals surface area contributed by atoms with E-state index in [0.717, 1.165) is 0 Å². The Morgan fingerprint density at radius 1 is 1.14 bits per heavy atom. The average Bonchev–Trinajstić information content (AvgIpc) is 3.66. The molecule has 0 unspecified atom stereocenters. The number of carbonyl (C=O) groups is 3. The zero-order chi connectivity index (χ0) is 31.6. The van der Waals surface area contributed by atoms with Crippen molar-refractivity contribution >= 4 is 52.9 Å². The molecule has 4 rings (SSSR count). The molecule has 44 heavy (non-hydrogen) atoms. The predicted octanol–water partition coefficient (Wildman–Crippen LogP) is 3.48. The van der Waals surface area contributed by atoms with Crippen molar-refractivity contribution in [3.8, 4) is 16.9 Å². The van der Waals surface area contributed by atoms with Gasteiger partial charge in [-0.3, -0.25) is 14.9 Å². The fourth-order valence-corrected chi connectivity index (χ4v) is 4.45. The fraction of sp³-hybridized carbons (Fsp3) is 0.250. The monoisotopic (exact) mass is 640 g/mol. The summed E-state index contributed by atoms with van der Waals surface area (Å²) in [6, 6.07) is 11.0. The first-order valence-electron chi connectivity index (χ1n) is 13.3. The van der Waals surface area contributed by atoms with Crippen LogP contribution < -0.4 is 16.0 Å². The van der Waals surface area contributed by atoms with Gasteiger partial charge < -0.3 is 25.3 Å².